The lowest BCUT2D eigenvalue weighted by Crippen LogP contribution is -2.14. The SMILES string of the molecule is CN(C)CCCOC=CS(=O)(=O)c1ccc2nc(-c3ccc(F)c(Cl)c3)ncc2c1. The Morgan fingerprint density at radius 3 is 2.73 bits per heavy atom. The number of fused-ring (bicyclic) bond motifs is 1. The molecule has 3 rings (SSSR count). The number of rotatable bonds is 8. The van der Waals surface area contributed by atoms with E-state index in [1.165, 1.54) is 42.8 Å². The van der Waals surface area contributed by atoms with E-state index in [4.69, 9.17) is 16.3 Å². The Balaban J connectivity index is 1.77. The lowest BCUT2D eigenvalue weighted by atomic mass is 10.2. The smallest absolute Gasteiger partial charge is 0.202 e. The number of ether oxygens (including phenoxy) is 1. The van der Waals surface area contributed by atoms with Gasteiger partial charge in [0.15, 0.2) is 5.82 Å². The van der Waals surface area contributed by atoms with Crippen LogP contribution in [0.5, 0.6) is 0 Å². The highest BCUT2D eigenvalue weighted by molar-refractivity contribution is 7.94. The monoisotopic (exact) mass is 449 g/mol. The van der Waals surface area contributed by atoms with Gasteiger partial charge in [-0.15, -0.1) is 0 Å². The molecule has 1 aromatic heterocycles. The third kappa shape index (κ3) is 5.53. The summed E-state index contributed by atoms with van der Waals surface area (Å²) in [6, 6.07) is 8.80. The van der Waals surface area contributed by atoms with Crippen LogP contribution in [0, 0.1) is 5.82 Å². The summed E-state index contributed by atoms with van der Waals surface area (Å²) in [4.78, 5) is 10.8. The third-order valence-electron chi connectivity index (χ3n) is 4.26. The molecule has 0 aliphatic heterocycles. The van der Waals surface area contributed by atoms with Crippen molar-refractivity contribution in [2.75, 3.05) is 27.2 Å². The van der Waals surface area contributed by atoms with Crippen LogP contribution in [0.15, 0.2) is 59.2 Å². The molecule has 0 spiro atoms. The van der Waals surface area contributed by atoms with Gasteiger partial charge in [0.2, 0.25) is 9.84 Å². The van der Waals surface area contributed by atoms with Gasteiger partial charge in [0.1, 0.15) is 5.82 Å². The highest BCUT2D eigenvalue weighted by Crippen LogP contribution is 2.25. The average molecular weight is 450 g/mol. The van der Waals surface area contributed by atoms with E-state index >= 15 is 0 Å². The third-order valence-corrected chi connectivity index (χ3v) is 5.93. The molecule has 0 bridgehead atoms. The van der Waals surface area contributed by atoms with Crippen LogP contribution in [0.4, 0.5) is 4.39 Å². The molecule has 2 aromatic carbocycles. The van der Waals surface area contributed by atoms with Gasteiger partial charge in [0.25, 0.3) is 0 Å². The molecule has 0 saturated heterocycles. The van der Waals surface area contributed by atoms with E-state index in [1.54, 1.807) is 6.07 Å². The minimum atomic E-state index is -3.66. The Morgan fingerprint density at radius 1 is 1.20 bits per heavy atom. The molecule has 0 radical (unpaired) electrons. The number of sulfone groups is 1. The van der Waals surface area contributed by atoms with Crippen LogP contribution >= 0.6 is 11.6 Å². The van der Waals surface area contributed by atoms with Crippen molar-refractivity contribution in [3.63, 3.8) is 0 Å². The maximum Gasteiger partial charge on any atom is 0.202 e. The van der Waals surface area contributed by atoms with Gasteiger partial charge in [-0.2, -0.15) is 0 Å². The van der Waals surface area contributed by atoms with E-state index in [0.29, 0.717) is 28.9 Å². The molecule has 9 heteroatoms. The van der Waals surface area contributed by atoms with Crippen molar-refractivity contribution in [1.29, 1.82) is 0 Å². The van der Waals surface area contributed by atoms with Crippen molar-refractivity contribution in [1.82, 2.24) is 14.9 Å². The lowest BCUT2D eigenvalue weighted by molar-refractivity contribution is 0.228. The second-order valence-corrected chi connectivity index (χ2v) is 9.13. The van der Waals surface area contributed by atoms with Gasteiger partial charge in [0, 0.05) is 23.7 Å². The van der Waals surface area contributed by atoms with Gasteiger partial charge < -0.3 is 9.64 Å². The van der Waals surface area contributed by atoms with E-state index in [1.807, 2.05) is 19.0 Å². The zero-order valence-electron chi connectivity index (χ0n) is 16.5. The van der Waals surface area contributed by atoms with Crippen molar-refractivity contribution < 1.29 is 17.5 Å². The fraction of sp³-hybridized carbons (Fsp3) is 0.238. The topological polar surface area (TPSA) is 72.4 Å². The summed E-state index contributed by atoms with van der Waals surface area (Å²) in [5.74, 6) is -0.156. The van der Waals surface area contributed by atoms with Crippen LogP contribution < -0.4 is 0 Å². The molecule has 30 heavy (non-hydrogen) atoms. The van der Waals surface area contributed by atoms with E-state index in [-0.39, 0.29) is 9.92 Å². The summed E-state index contributed by atoms with van der Waals surface area (Å²) in [6.45, 7) is 1.29. The Hall–Kier alpha value is -2.55. The molecule has 0 amide bonds. The predicted octanol–water partition coefficient (Wildman–Crippen LogP) is 4.30. The van der Waals surface area contributed by atoms with Crippen molar-refractivity contribution in [3.05, 3.63) is 65.1 Å². The van der Waals surface area contributed by atoms with Gasteiger partial charge >= 0.3 is 0 Å². The standard InChI is InChI=1S/C21H21ClFN3O3S/c1-26(2)8-3-9-29-10-11-30(27,28)17-5-7-20-16(12-17)14-24-21(25-20)15-4-6-19(23)18(22)13-15/h4-7,10-14H,3,8-9H2,1-2H3. The van der Waals surface area contributed by atoms with Crippen LogP contribution in [0.25, 0.3) is 22.3 Å². The van der Waals surface area contributed by atoms with Gasteiger partial charge in [0.05, 0.1) is 33.7 Å². The molecular formula is C21H21ClFN3O3S. The molecule has 6 nitrogen and oxygen atoms in total. The summed E-state index contributed by atoms with van der Waals surface area (Å²) in [7, 11) is 0.261. The number of nitrogens with zero attached hydrogens (tertiary/aromatic N) is 3. The van der Waals surface area contributed by atoms with Crippen molar-refractivity contribution >= 4 is 32.3 Å². The van der Waals surface area contributed by atoms with Gasteiger partial charge in [-0.3, -0.25) is 0 Å². The first-order valence-corrected chi connectivity index (χ1v) is 11.1. The zero-order chi connectivity index (χ0) is 21.7. The summed E-state index contributed by atoms with van der Waals surface area (Å²) in [5, 5.41) is 1.58. The molecule has 0 unspecified atom stereocenters. The first-order valence-electron chi connectivity index (χ1n) is 9.16. The van der Waals surface area contributed by atoms with E-state index < -0.39 is 15.7 Å². The van der Waals surface area contributed by atoms with Crippen LogP contribution in [-0.2, 0) is 14.6 Å². The van der Waals surface area contributed by atoms with E-state index in [2.05, 4.69) is 9.97 Å². The highest BCUT2D eigenvalue weighted by Gasteiger charge is 2.13. The lowest BCUT2D eigenvalue weighted by Gasteiger charge is -2.08. The van der Waals surface area contributed by atoms with Crippen LogP contribution in [-0.4, -0.2) is 50.5 Å². The molecule has 0 atom stereocenters. The second kappa shape index (κ2) is 9.51. The van der Waals surface area contributed by atoms with Crippen molar-refractivity contribution in [3.8, 4) is 11.4 Å². The fourth-order valence-electron chi connectivity index (χ4n) is 2.69. The molecule has 0 N–H and O–H groups in total. The molecule has 0 aliphatic rings. The maximum atomic E-state index is 13.4. The predicted molar refractivity (Wildman–Crippen MR) is 115 cm³/mol. The Morgan fingerprint density at radius 2 is 2.00 bits per heavy atom. The van der Waals surface area contributed by atoms with Gasteiger partial charge in [-0.1, -0.05) is 11.6 Å². The minimum Gasteiger partial charge on any atom is -0.500 e. The van der Waals surface area contributed by atoms with Crippen molar-refractivity contribution in [2.45, 2.75) is 11.3 Å². The molecule has 158 valence electrons. The molecule has 1 heterocycles. The molecular weight excluding hydrogens is 429 g/mol. The number of benzene rings is 2. The largest absolute Gasteiger partial charge is 0.500 e. The Labute approximate surface area is 179 Å². The van der Waals surface area contributed by atoms with Gasteiger partial charge in [-0.25, -0.2) is 22.8 Å². The Kier molecular flexibility index (Phi) is 7.02. The minimum absolute atomic E-state index is 0.0200. The molecule has 3 aromatic rings. The van der Waals surface area contributed by atoms with Crippen LogP contribution in [0.2, 0.25) is 5.02 Å². The normalized spacial score (nSPS) is 12.2. The summed E-state index contributed by atoms with van der Waals surface area (Å²) in [5.41, 5.74) is 1.12. The number of hydrogen-bond acceptors (Lipinski definition) is 6. The van der Waals surface area contributed by atoms with E-state index in [9.17, 15) is 12.8 Å². The average Bonchev–Trinajstić information content (AvgIpc) is 2.71. The molecule has 0 aliphatic carbocycles. The second-order valence-electron chi connectivity index (χ2n) is 6.89. The van der Waals surface area contributed by atoms with Crippen molar-refractivity contribution in [2.24, 2.45) is 0 Å². The summed E-state index contributed by atoms with van der Waals surface area (Å²) in [6.07, 6.45) is 3.52. The number of aromatic nitrogens is 2. The van der Waals surface area contributed by atoms with Crippen LogP contribution in [0.3, 0.4) is 0 Å². The maximum absolute atomic E-state index is 13.4. The zero-order valence-corrected chi connectivity index (χ0v) is 18.1. The van der Waals surface area contributed by atoms with Gasteiger partial charge in [-0.05, 0) is 56.9 Å². The fourth-order valence-corrected chi connectivity index (χ4v) is 3.80. The number of hydrogen-bond donors (Lipinski definition) is 0. The summed E-state index contributed by atoms with van der Waals surface area (Å²) >= 11 is 5.82. The highest BCUT2D eigenvalue weighted by atomic mass is 35.5. The quantitative estimate of drug-likeness (QED) is 0.377. The molecule has 0 fully saturated rings. The van der Waals surface area contributed by atoms with E-state index in [0.717, 1.165) is 18.4 Å². The summed E-state index contributed by atoms with van der Waals surface area (Å²) < 4.78 is 43.6. The first kappa shape index (κ1) is 22.1. The number of halogens is 2. The Bertz CT molecular complexity index is 1180. The first-order chi connectivity index (χ1) is 14.3. The van der Waals surface area contributed by atoms with Crippen LogP contribution in [0.1, 0.15) is 6.42 Å². The molecule has 0 saturated carbocycles.